The number of carbonyl (C=O) groups excluding carboxylic acids is 1. The van der Waals surface area contributed by atoms with Crippen LogP contribution in [0.15, 0.2) is 24.3 Å². The van der Waals surface area contributed by atoms with Crippen LogP contribution >= 0.6 is 0 Å². The van der Waals surface area contributed by atoms with E-state index >= 15 is 0 Å². The molecule has 1 aromatic rings. The largest absolute Gasteiger partial charge is 0.481 e. The van der Waals surface area contributed by atoms with Crippen molar-refractivity contribution in [2.24, 2.45) is 5.41 Å². The Morgan fingerprint density at radius 3 is 2.38 bits per heavy atom. The summed E-state index contributed by atoms with van der Waals surface area (Å²) in [6.07, 6.45) is 0.472. The summed E-state index contributed by atoms with van der Waals surface area (Å²) in [5.41, 5.74) is 1.06. The van der Waals surface area contributed by atoms with Crippen molar-refractivity contribution in [2.75, 3.05) is 31.6 Å². The van der Waals surface area contributed by atoms with Gasteiger partial charge in [-0.3, -0.25) is 14.5 Å². The maximum Gasteiger partial charge on any atom is 0.309 e. The first-order valence-electron chi connectivity index (χ1n) is 7.11. The molecule has 0 unspecified atom stereocenters. The van der Waals surface area contributed by atoms with E-state index < -0.39 is 11.4 Å². The van der Waals surface area contributed by atoms with Gasteiger partial charge in [-0.1, -0.05) is 12.1 Å². The number of nitrogens with zero attached hydrogens (tertiary/aromatic N) is 2. The molecule has 114 valence electrons. The zero-order chi connectivity index (χ0) is 15.6. The average Bonchev–Trinajstić information content (AvgIpc) is 2.39. The molecule has 0 atom stereocenters. The van der Waals surface area contributed by atoms with E-state index in [9.17, 15) is 9.59 Å². The summed E-state index contributed by atoms with van der Waals surface area (Å²) in [6, 6.07) is 7.62. The van der Waals surface area contributed by atoms with Crippen molar-refractivity contribution < 1.29 is 14.7 Å². The van der Waals surface area contributed by atoms with Crippen LogP contribution in [-0.2, 0) is 16.0 Å². The molecule has 0 aliphatic carbocycles. The van der Waals surface area contributed by atoms with Crippen molar-refractivity contribution in [3.63, 3.8) is 0 Å². The fourth-order valence-electron chi connectivity index (χ4n) is 2.44. The molecule has 0 saturated carbocycles. The van der Waals surface area contributed by atoms with E-state index in [4.69, 9.17) is 5.11 Å². The fourth-order valence-corrected chi connectivity index (χ4v) is 2.44. The van der Waals surface area contributed by atoms with Gasteiger partial charge >= 0.3 is 5.97 Å². The Kier molecular flexibility index (Phi) is 4.32. The van der Waals surface area contributed by atoms with Gasteiger partial charge in [-0.2, -0.15) is 0 Å². The molecule has 5 heteroatoms. The van der Waals surface area contributed by atoms with Gasteiger partial charge in [0.1, 0.15) is 0 Å². The average molecular weight is 290 g/mol. The number of piperazine rings is 1. The Bertz CT molecular complexity index is 537. The van der Waals surface area contributed by atoms with Gasteiger partial charge in [0, 0.05) is 18.8 Å². The van der Waals surface area contributed by atoms with Crippen molar-refractivity contribution >= 4 is 17.6 Å². The van der Waals surface area contributed by atoms with Gasteiger partial charge in [-0.15, -0.1) is 0 Å². The maximum atomic E-state index is 12.0. The van der Waals surface area contributed by atoms with Crippen molar-refractivity contribution in [2.45, 2.75) is 20.3 Å². The molecule has 0 spiro atoms. The third-order valence-electron chi connectivity index (χ3n) is 3.88. The molecule has 1 aliphatic rings. The van der Waals surface area contributed by atoms with Crippen molar-refractivity contribution in [1.82, 2.24) is 4.90 Å². The predicted octanol–water partition coefficient (Wildman–Crippen LogP) is 1.62. The second-order valence-corrected chi connectivity index (χ2v) is 6.32. The van der Waals surface area contributed by atoms with E-state index in [0.717, 1.165) is 17.8 Å². The molecular formula is C16H22N2O3. The summed E-state index contributed by atoms with van der Waals surface area (Å²) in [6.45, 7) is 5.42. The Morgan fingerprint density at radius 2 is 1.86 bits per heavy atom. The van der Waals surface area contributed by atoms with Crippen LogP contribution in [0, 0.1) is 5.41 Å². The summed E-state index contributed by atoms with van der Waals surface area (Å²) >= 11 is 0. The van der Waals surface area contributed by atoms with E-state index in [-0.39, 0.29) is 5.91 Å². The van der Waals surface area contributed by atoms with E-state index in [1.165, 1.54) is 0 Å². The van der Waals surface area contributed by atoms with Gasteiger partial charge in [0.2, 0.25) is 5.91 Å². The summed E-state index contributed by atoms with van der Waals surface area (Å²) < 4.78 is 0. The summed E-state index contributed by atoms with van der Waals surface area (Å²) in [7, 11) is 1.94. The number of amides is 1. The zero-order valence-electron chi connectivity index (χ0n) is 12.8. The lowest BCUT2D eigenvalue weighted by Gasteiger charge is -2.32. The van der Waals surface area contributed by atoms with Crippen molar-refractivity contribution in [1.29, 1.82) is 0 Å². The Labute approximate surface area is 125 Å². The molecule has 0 aromatic heterocycles. The van der Waals surface area contributed by atoms with Crippen LogP contribution in [-0.4, -0.2) is 48.6 Å². The van der Waals surface area contributed by atoms with Crippen LogP contribution in [0.1, 0.15) is 19.4 Å². The summed E-state index contributed by atoms with van der Waals surface area (Å²) in [5.74, 6) is -0.705. The Balaban J connectivity index is 2.09. The topological polar surface area (TPSA) is 60.9 Å². The molecule has 21 heavy (non-hydrogen) atoms. The van der Waals surface area contributed by atoms with Gasteiger partial charge < -0.3 is 10.0 Å². The van der Waals surface area contributed by atoms with Crippen LogP contribution in [0.3, 0.4) is 0 Å². The van der Waals surface area contributed by atoms with E-state index in [0.29, 0.717) is 19.5 Å². The lowest BCUT2D eigenvalue weighted by Crippen LogP contribution is -2.48. The Hall–Kier alpha value is -1.88. The molecule has 1 N–H and O–H groups in total. The number of likely N-dealkylation sites (N-methyl/N-ethyl adjacent to an activating group) is 1. The molecule has 1 amide bonds. The highest BCUT2D eigenvalue weighted by Gasteiger charge is 2.27. The van der Waals surface area contributed by atoms with Gasteiger partial charge in [0.05, 0.1) is 12.0 Å². The third kappa shape index (κ3) is 3.61. The van der Waals surface area contributed by atoms with Crippen molar-refractivity contribution in [3.05, 3.63) is 29.8 Å². The van der Waals surface area contributed by atoms with Gasteiger partial charge in [0.15, 0.2) is 0 Å². The van der Waals surface area contributed by atoms with E-state index in [2.05, 4.69) is 0 Å². The zero-order valence-corrected chi connectivity index (χ0v) is 12.8. The lowest BCUT2D eigenvalue weighted by molar-refractivity contribution is -0.146. The minimum Gasteiger partial charge on any atom is -0.481 e. The molecule has 1 heterocycles. The number of hydrogen-bond donors (Lipinski definition) is 1. The molecule has 1 aromatic carbocycles. The number of aliphatic carboxylic acids is 1. The number of rotatable bonds is 4. The maximum absolute atomic E-state index is 12.0. The number of carboxylic acids is 1. The number of anilines is 1. The third-order valence-corrected chi connectivity index (χ3v) is 3.88. The highest BCUT2D eigenvalue weighted by atomic mass is 16.4. The molecule has 5 nitrogen and oxygen atoms in total. The monoisotopic (exact) mass is 290 g/mol. The first-order valence-corrected chi connectivity index (χ1v) is 7.11. The van der Waals surface area contributed by atoms with Crippen LogP contribution < -0.4 is 4.90 Å². The smallest absolute Gasteiger partial charge is 0.309 e. The van der Waals surface area contributed by atoms with Crippen molar-refractivity contribution in [3.8, 4) is 0 Å². The molecule has 2 rings (SSSR count). The van der Waals surface area contributed by atoms with Gasteiger partial charge in [0.25, 0.3) is 0 Å². The molecule has 1 aliphatic heterocycles. The lowest BCUT2D eigenvalue weighted by atomic mass is 9.86. The number of carbonyl (C=O) groups is 2. The SMILES string of the molecule is CN1CCN(c2ccc(CC(C)(C)C(=O)O)cc2)C(=O)C1. The Morgan fingerprint density at radius 1 is 1.24 bits per heavy atom. The molecule has 1 saturated heterocycles. The minimum atomic E-state index is -0.805. The summed E-state index contributed by atoms with van der Waals surface area (Å²) in [4.78, 5) is 27.0. The highest BCUT2D eigenvalue weighted by molar-refractivity contribution is 5.95. The van der Waals surface area contributed by atoms with Gasteiger partial charge in [-0.25, -0.2) is 0 Å². The molecule has 0 radical (unpaired) electrons. The van der Waals surface area contributed by atoms with E-state index in [1.54, 1.807) is 18.7 Å². The molecule has 1 fully saturated rings. The number of benzene rings is 1. The molecule has 0 bridgehead atoms. The first-order chi connectivity index (χ1) is 9.79. The quantitative estimate of drug-likeness (QED) is 0.915. The number of hydrogen-bond acceptors (Lipinski definition) is 3. The van der Waals surface area contributed by atoms with Crippen LogP contribution in [0.4, 0.5) is 5.69 Å². The fraction of sp³-hybridized carbons (Fsp3) is 0.500. The van der Waals surface area contributed by atoms with Crippen LogP contribution in [0.2, 0.25) is 0 Å². The standard InChI is InChI=1S/C16H22N2O3/c1-16(2,15(20)21)10-12-4-6-13(7-5-12)18-9-8-17(3)11-14(18)19/h4-7H,8-11H2,1-3H3,(H,20,21). The first kappa shape index (κ1) is 15.5. The van der Waals surface area contributed by atoms with Gasteiger partial charge in [-0.05, 0) is 45.0 Å². The molecular weight excluding hydrogens is 268 g/mol. The minimum absolute atomic E-state index is 0.0994. The normalized spacial score (nSPS) is 17.1. The second-order valence-electron chi connectivity index (χ2n) is 6.32. The summed E-state index contributed by atoms with van der Waals surface area (Å²) in [5, 5.41) is 9.16. The van der Waals surface area contributed by atoms with Crippen LogP contribution in [0.5, 0.6) is 0 Å². The van der Waals surface area contributed by atoms with Crippen LogP contribution in [0.25, 0.3) is 0 Å². The highest BCUT2D eigenvalue weighted by Crippen LogP contribution is 2.24. The predicted molar refractivity (Wildman–Crippen MR) is 81.4 cm³/mol. The number of carboxylic acid groups (broad SMARTS) is 1. The van der Waals surface area contributed by atoms with E-state index in [1.807, 2.05) is 36.2 Å². The second kappa shape index (κ2) is 5.85.